The second-order valence-electron chi connectivity index (χ2n) is 6.66. The Balaban J connectivity index is 2.37. The van der Waals surface area contributed by atoms with Crippen molar-refractivity contribution in [3.05, 3.63) is 27.8 Å². The molecule has 0 aromatic heterocycles. The van der Waals surface area contributed by atoms with Crippen LogP contribution < -0.4 is 9.47 Å². The maximum atomic E-state index is 13.4. The summed E-state index contributed by atoms with van der Waals surface area (Å²) >= 11 is 4.97. The minimum Gasteiger partial charge on any atom is -0.493 e. The Kier molecular flexibility index (Phi) is 10.2. The summed E-state index contributed by atoms with van der Waals surface area (Å²) in [4.78, 5) is 26.3. The van der Waals surface area contributed by atoms with Gasteiger partial charge in [0.1, 0.15) is 11.0 Å². The van der Waals surface area contributed by atoms with E-state index in [0.717, 1.165) is 30.3 Å². The summed E-state index contributed by atoms with van der Waals surface area (Å²) in [7, 11) is 1.45. The molecule has 8 nitrogen and oxygen atoms in total. The molecule has 10 heteroatoms. The molecule has 1 aromatic rings. The molecule has 1 amide bonds. The zero-order valence-electron chi connectivity index (χ0n) is 17.6. The zero-order valence-corrected chi connectivity index (χ0v) is 20.0. The van der Waals surface area contributed by atoms with E-state index in [1.165, 1.54) is 19.2 Å². The first-order valence-electron chi connectivity index (χ1n) is 10.1. The molecule has 1 aromatic carbocycles. The predicted molar refractivity (Wildman–Crippen MR) is 121 cm³/mol. The molecule has 2 rings (SSSR count). The molecule has 1 heterocycles. The lowest BCUT2D eigenvalue weighted by molar-refractivity contribution is -0.385. The molecule has 0 radical (unpaired) electrons. The van der Waals surface area contributed by atoms with Gasteiger partial charge in [0.25, 0.3) is 11.6 Å². The largest absolute Gasteiger partial charge is 0.493 e. The number of carbonyl (C=O) groups is 1. The summed E-state index contributed by atoms with van der Waals surface area (Å²) in [6.07, 6.45) is 2.38. The van der Waals surface area contributed by atoms with Gasteiger partial charge in [-0.1, -0.05) is 22.9 Å². The Morgan fingerprint density at radius 2 is 2.17 bits per heavy atom. The molecule has 1 saturated heterocycles. The molecule has 1 aliphatic heterocycles. The number of carbonyl (C=O) groups excluding carboxylic acids is 1. The lowest BCUT2D eigenvalue weighted by Crippen LogP contribution is -2.43. The van der Waals surface area contributed by atoms with Crippen molar-refractivity contribution in [1.82, 2.24) is 4.90 Å². The smallest absolute Gasteiger partial charge is 0.286 e. The van der Waals surface area contributed by atoms with E-state index in [1.807, 2.05) is 13.8 Å². The Hall–Kier alpha value is -1.52. The maximum absolute atomic E-state index is 13.4. The van der Waals surface area contributed by atoms with Gasteiger partial charge in [-0.2, -0.15) is 0 Å². The number of hydrogen-bond acceptors (Lipinski definition) is 7. The number of methoxy groups -OCH3 is 1. The van der Waals surface area contributed by atoms with E-state index in [9.17, 15) is 14.9 Å². The molecular formula is C20H29BrN2O6S. The molecule has 0 bridgehead atoms. The Bertz CT molecular complexity index is 729. The van der Waals surface area contributed by atoms with Crippen molar-refractivity contribution in [2.24, 2.45) is 0 Å². The van der Waals surface area contributed by atoms with Crippen LogP contribution in [0.5, 0.6) is 11.5 Å². The van der Waals surface area contributed by atoms with Gasteiger partial charge in [0.05, 0.1) is 30.7 Å². The fourth-order valence-electron chi connectivity index (χ4n) is 3.46. The minimum absolute atomic E-state index is 0.00772. The van der Waals surface area contributed by atoms with Crippen molar-refractivity contribution in [2.45, 2.75) is 44.6 Å². The van der Waals surface area contributed by atoms with Gasteiger partial charge in [-0.25, -0.2) is 0 Å². The van der Waals surface area contributed by atoms with E-state index >= 15 is 0 Å². The van der Waals surface area contributed by atoms with E-state index < -0.39 is 4.92 Å². The van der Waals surface area contributed by atoms with Crippen LogP contribution in [-0.4, -0.2) is 65.2 Å². The highest BCUT2D eigenvalue weighted by Crippen LogP contribution is 2.37. The van der Waals surface area contributed by atoms with Gasteiger partial charge in [0.15, 0.2) is 11.5 Å². The normalized spacial score (nSPS) is 17.1. The lowest BCUT2D eigenvalue weighted by atomic mass is 10.1. The molecule has 2 atom stereocenters. The summed E-state index contributed by atoms with van der Waals surface area (Å²) in [6.45, 7) is 5.44. The molecular weight excluding hydrogens is 476 g/mol. The SMILES string of the molecule is CCOC(SCC)C1CCCN1C(=O)c1cc(OC)c(OCCCBr)cc1[N+](=O)[O-]. The second-order valence-corrected chi connectivity index (χ2v) is 8.82. The van der Waals surface area contributed by atoms with Crippen molar-refractivity contribution in [2.75, 3.05) is 38.0 Å². The Morgan fingerprint density at radius 1 is 1.40 bits per heavy atom. The molecule has 1 fully saturated rings. The van der Waals surface area contributed by atoms with Crippen LogP contribution in [0.25, 0.3) is 0 Å². The summed E-state index contributed by atoms with van der Waals surface area (Å²) in [5, 5.41) is 12.5. The van der Waals surface area contributed by atoms with Gasteiger partial charge >= 0.3 is 0 Å². The summed E-state index contributed by atoms with van der Waals surface area (Å²) in [6, 6.07) is 2.58. The molecule has 2 unspecified atom stereocenters. The van der Waals surface area contributed by atoms with Crippen molar-refractivity contribution in [1.29, 1.82) is 0 Å². The van der Waals surface area contributed by atoms with Gasteiger partial charge in [-0.05, 0) is 31.9 Å². The summed E-state index contributed by atoms with van der Waals surface area (Å²) in [5.74, 6) is 1.04. The number of halogens is 1. The van der Waals surface area contributed by atoms with Crippen LogP contribution >= 0.6 is 27.7 Å². The standard InChI is InChI=1S/C20H29BrN2O6S/c1-4-28-20(30-5-2)15-8-6-10-22(15)19(24)14-12-17(27-3)18(29-11-7-9-21)13-16(14)23(25)26/h12-13,15,20H,4-11H2,1-3H3. The van der Waals surface area contributed by atoms with E-state index in [-0.39, 0.29) is 34.4 Å². The third-order valence-electron chi connectivity index (χ3n) is 4.78. The first-order chi connectivity index (χ1) is 14.5. The highest BCUT2D eigenvalue weighted by Gasteiger charge is 2.38. The van der Waals surface area contributed by atoms with Gasteiger partial charge in [-0.15, -0.1) is 11.8 Å². The molecule has 0 N–H and O–H groups in total. The number of nitrogens with zero attached hydrogens (tertiary/aromatic N) is 2. The average Bonchev–Trinajstić information content (AvgIpc) is 3.22. The van der Waals surface area contributed by atoms with Crippen LogP contribution in [0.3, 0.4) is 0 Å². The molecule has 1 aliphatic rings. The number of likely N-dealkylation sites (tertiary alicyclic amines) is 1. The Morgan fingerprint density at radius 3 is 2.77 bits per heavy atom. The Labute approximate surface area is 189 Å². The average molecular weight is 505 g/mol. The maximum Gasteiger partial charge on any atom is 0.286 e. The number of thioether (sulfide) groups is 1. The van der Waals surface area contributed by atoms with Gasteiger partial charge in [0.2, 0.25) is 0 Å². The first kappa shape index (κ1) is 24.7. The van der Waals surface area contributed by atoms with Crippen LogP contribution in [0.4, 0.5) is 5.69 Å². The number of nitro benzene ring substituents is 1. The second kappa shape index (κ2) is 12.4. The summed E-state index contributed by atoms with van der Waals surface area (Å²) in [5.41, 5.74) is -0.427. The number of amides is 1. The van der Waals surface area contributed by atoms with E-state index in [2.05, 4.69) is 15.9 Å². The zero-order chi connectivity index (χ0) is 22.1. The number of alkyl halides is 1. The minimum atomic E-state index is -0.546. The molecule has 0 saturated carbocycles. The van der Waals surface area contributed by atoms with Crippen molar-refractivity contribution in [3.63, 3.8) is 0 Å². The molecule has 168 valence electrons. The third kappa shape index (κ3) is 6.01. The van der Waals surface area contributed by atoms with Crippen molar-refractivity contribution in [3.8, 4) is 11.5 Å². The van der Waals surface area contributed by atoms with Crippen LogP contribution in [0.1, 0.15) is 43.5 Å². The molecule has 30 heavy (non-hydrogen) atoms. The quantitative estimate of drug-likeness (QED) is 0.136. The van der Waals surface area contributed by atoms with Gasteiger partial charge in [0, 0.05) is 24.5 Å². The van der Waals surface area contributed by atoms with Crippen LogP contribution in [0, 0.1) is 10.1 Å². The van der Waals surface area contributed by atoms with Crippen LogP contribution in [-0.2, 0) is 4.74 Å². The number of benzene rings is 1. The topological polar surface area (TPSA) is 91.1 Å². The summed E-state index contributed by atoms with van der Waals surface area (Å²) < 4.78 is 16.9. The first-order valence-corrected chi connectivity index (χ1v) is 12.2. The van der Waals surface area contributed by atoms with Crippen LogP contribution in [0.15, 0.2) is 12.1 Å². The number of rotatable bonds is 12. The lowest BCUT2D eigenvalue weighted by Gasteiger charge is -2.31. The number of ether oxygens (including phenoxy) is 3. The van der Waals surface area contributed by atoms with Gasteiger partial charge in [-0.3, -0.25) is 14.9 Å². The third-order valence-corrected chi connectivity index (χ3v) is 6.45. The van der Waals surface area contributed by atoms with Gasteiger partial charge < -0.3 is 19.1 Å². The molecule has 0 spiro atoms. The number of hydrogen-bond donors (Lipinski definition) is 0. The van der Waals surface area contributed by atoms with E-state index in [0.29, 0.717) is 25.5 Å². The van der Waals surface area contributed by atoms with Crippen molar-refractivity contribution >= 4 is 39.3 Å². The van der Waals surface area contributed by atoms with E-state index in [4.69, 9.17) is 14.2 Å². The van der Waals surface area contributed by atoms with Crippen molar-refractivity contribution < 1.29 is 23.9 Å². The fraction of sp³-hybridized carbons (Fsp3) is 0.650. The fourth-order valence-corrected chi connectivity index (χ4v) is 4.76. The molecule has 0 aliphatic carbocycles. The number of nitro groups is 1. The van der Waals surface area contributed by atoms with Crippen LogP contribution in [0.2, 0.25) is 0 Å². The highest BCUT2D eigenvalue weighted by molar-refractivity contribution is 9.09. The van der Waals surface area contributed by atoms with E-state index in [1.54, 1.807) is 16.7 Å². The predicted octanol–water partition coefficient (Wildman–Crippen LogP) is 4.49. The highest BCUT2D eigenvalue weighted by atomic mass is 79.9. The monoisotopic (exact) mass is 504 g/mol.